The van der Waals surface area contributed by atoms with Crippen LogP contribution >= 0.6 is 0 Å². The lowest BCUT2D eigenvalue weighted by Crippen LogP contribution is -2.43. The van der Waals surface area contributed by atoms with Crippen molar-refractivity contribution in [3.63, 3.8) is 0 Å². The van der Waals surface area contributed by atoms with Crippen LogP contribution < -0.4 is 16.0 Å². The predicted octanol–water partition coefficient (Wildman–Crippen LogP) is 3.22. The van der Waals surface area contributed by atoms with E-state index in [1.165, 1.54) is 19.3 Å². The number of amides is 3. The highest BCUT2D eigenvalue weighted by molar-refractivity contribution is 5.90. The van der Waals surface area contributed by atoms with E-state index < -0.39 is 0 Å². The van der Waals surface area contributed by atoms with Crippen LogP contribution in [0.1, 0.15) is 44.9 Å². The summed E-state index contributed by atoms with van der Waals surface area (Å²) in [7, 11) is 0. The minimum Gasteiger partial charge on any atom is -0.338 e. The minimum absolute atomic E-state index is 0.0557. The zero-order valence-corrected chi connectivity index (χ0v) is 15.5. The van der Waals surface area contributed by atoms with E-state index in [2.05, 4.69) is 20.9 Å². The van der Waals surface area contributed by atoms with Gasteiger partial charge in [-0.3, -0.25) is 4.79 Å². The first-order valence-corrected chi connectivity index (χ1v) is 9.63. The van der Waals surface area contributed by atoms with E-state index in [1.807, 2.05) is 35.0 Å². The summed E-state index contributed by atoms with van der Waals surface area (Å²) < 4.78 is 1.90. The van der Waals surface area contributed by atoms with E-state index in [4.69, 9.17) is 0 Å². The van der Waals surface area contributed by atoms with E-state index in [1.54, 1.807) is 12.5 Å². The van der Waals surface area contributed by atoms with Gasteiger partial charge in [0, 0.05) is 42.8 Å². The van der Waals surface area contributed by atoms with Gasteiger partial charge in [0.15, 0.2) is 0 Å². The van der Waals surface area contributed by atoms with Crippen LogP contribution in [0.2, 0.25) is 0 Å². The Balaban J connectivity index is 1.32. The molecule has 7 nitrogen and oxygen atoms in total. The molecule has 3 amide bonds. The highest BCUT2D eigenvalue weighted by Gasteiger charge is 2.15. The van der Waals surface area contributed by atoms with Crippen LogP contribution in [0.5, 0.6) is 0 Å². The summed E-state index contributed by atoms with van der Waals surface area (Å²) in [6, 6.07) is 7.75. The molecule has 1 fully saturated rings. The van der Waals surface area contributed by atoms with Crippen molar-refractivity contribution in [2.75, 3.05) is 11.9 Å². The van der Waals surface area contributed by atoms with Gasteiger partial charge in [-0.05, 0) is 43.5 Å². The molecule has 1 aliphatic carbocycles. The molecule has 1 aromatic heterocycles. The van der Waals surface area contributed by atoms with Crippen molar-refractivity contribution in [3.05, 3.63) is 43.0 Å². The molecule has 1 saturated carbocycles. The first kappa shape index (κ1) is 18.9. The average molecular weight is 369 g/mol. The lowest BCUT2D eigenvalue weighted by atomic mass is 9.96. The quantitative estimate of drug-likeness (QED) is 0.655. The number of urea groups is 1. The SMILES string of the molecule is O=C(CCCNC(=O)NC1CCCCC1)Nc1ccc(-n2ccnc2)cc1. The zero-order valence-electron chi connectivity index (χ0n) is 15.5. The van der Waals surface area contributed by atoms with Crippen molar-refractivity contribution < 1.29 is 9.59 Å². The summed E-state index contributed by atoms with van der Waals surface area (Å²) in [6.45, 7) is 0.492. The number of benzene rings is 1. The maximum atomic E-state index is 12.0. The molecule has 0 saturated heterocycles. The van der Waals surface area contributed by atoms with Gasteiger partial charge in [0.1, 0.15) is 0 Å². The summed E-state index contributed by atoms with van der Waals surface area (Å²) >= 11 is 0. The van der Waals surface area contributed by atoms with E-state index in [-0.39, 0.29) is 11.9 Å². The molecular weight excluding hydrogens is 342 g/mol. The molecule has 0 spiro atoms. The molecule has 3 N–H and O–H groups in total. The van der Waals surface area contributed by atoms with Gasteiger partial charge in [0.2, 0.25) is 5.91 Å². The van der Waals surface area contributed by atoms with Crippen molar-refractivity contribution in [2.45, 2.75) is 51.0 Å². The Morgan fingerprint density at radius 2 is 1.89 bits per heavy atom. The molecule has 1 heterocycles. The number of anilines is 1. The second-order valence-corrected chi connectivity index (χ2v) is 6.90. The molecule has 0 aliphatic heterocycles. The third kappa shape index (κ3) is 6.13. The topological polar surface area (TPSA) is 88.0 Å². The van der Waals surface area contributed by atoms with Gasteiger partial charge in [-0.1, -0.05) is 19.3 Å². The fraction of sp³-hybridized carbons (Fsp3) is 0.450. The third-order valence-electron chi connectivity index (χ3n) is 4.76. The summed E-state index contributed by atoms with van der Waals surface area (Å²) in [5.74, 6) is -0.0557. The molecule has 7 heteroatoms. The Bertz CT molecular complexity index is 721. The first-order chi connectivity index (χ1) is 13.2. The van der Waals surface area contributed by atoms with Crippen LogP contribution in [0.15, 0.2) is 43.0 Å². The van der Waals surface area contributed by atoms with Crippen molar-refractivity contribution in [1.82, 2.24) is 20.2 Å². The minimum atomic E-state index is -0.127. The number of aromatic nitrogens is 2. The number of hydrogen-bond acceptors (Lipinski definition) is 3. The van der Waals surface area contributed by atoms with Crippen molar-refractivity contribution in [1.29, 1.82) is 0 Å². The molecule has 0 unspecified atom stereocenters. The smallest absolute Gasteiger partial charge is 0.315 e. The number of carbonyl (C=O) groups is 2. The van der Waals surface area contributed by atoms with Gasteiger partial charge in [-0.15, -0.1) is 0 Å². The summed E-state index contributed by atoms with van der Waals surface area (Å²) in [5, 5.41) is 8.72. The second kappa shape index (κ2) is 9.75. The number of nitrogens with zero attached hydrogens (tertiary/aromatic N) is 2. The van der Waals surface area contributed by atoms with Crippen LogP contribution in [0.4, 0.5) is 10.5 Å². The number of nitrogens with one attached hydrogen (secondary N) is 3. The maximum Gasteiger partial charge on any atom is 0.315 e. The summed E-state index contributed by atoms with van der Waals surface area (Å²) in [4.78, 5) is 27.9. The van der Waals surface area contributed by atoms with Gasteiger partial charge < -0.3 is 20.5 Å². The van der Waals surface area contributed by atoms with Crippen LogP contribution in [0.25, 0.3) is 5.69 Å². The van der Waals surface area contributed by atoms with Crippen molar-refractivity contribution in [2.24, 2.45) is 0 Å². The van der Waals surface area contributed by atoms with Gasteiger partial charge in [0.25, 0.3) is 0 Å². The van der Waals surface area contributed by atoms with Gasteiger partial charge in [-0.2, -0.15) is 0 Å². The molecule has 3 rings (SSSR count). The lowest BCUT2D eigenvalue weighted by molar-refractivity contribution is -0.116. The predicted molar refractivity (Wildman–Crippen MR) is 105 cm³/mol. The van der Waals surface area contributed by atoms with Gasteiger partial charge in [0.05, 0.1) is 6.33 Å². The molecule has 0 atom stereocenters. The standard InChI is InChI=1S/C20H27N5O2/c26-19(7-4-12-22-20(27)24-16-5-2-1-3-6-16)23-17-8-10-18(11-9-17)25-14-13-21-15-25/h8-11,13-16H,1-7,12H2,(H,23,26)(H2,22,24,27). The third-order valence-corrected chi connectivity index (χ3v) is 4.76. The Labute approximate surface area is 159 Å². The van der Waals surface area contributed by atoms with E-state index >= 15 is 0 Å². The van der Waals surface area contributed by atoms with Crippen molar-refractivity contribution >= 4 is 17.6 Å². The fourth-order valence-corrected chi connectivity index (χ4v) is 3.29. The normalized spacial score (nSPS) is 14.5. The van der Waals surface area contributed by atoms with Crippen molar-refractivity contribution in [3.8, 4) is 5.69 Å². The first-order valence-electron chi connectivity index (χ1n) is 9.63. The zero-order chi connectivity index (χ0) is 18.9. The Morgan fingerprint density at radius 1 is 1.11 bits per heavy atom. The number of imidazole rings is 1. The highest BCUT2D eigenvalue weighted by Crippen LogP contribution is 2.17. The number of rotatable bonds is 7. The average Bonchev–Trinajstić information content (AvgIpc) is 3.21. The number of hydrogen-bond donors (Lipinski definition) is 3. The highest BCUT2D eigenvalue weighted by atomic mass is 16.2. The van der Waals surface area contributed by atoms with Crippen LogP contribution in [-0.4, -0.2) is 34.1 Å². The fourth-order valence-electron chi connectivity index (χ4n) is 3.29. The summed E-state index contributed by atoms with van der Waals surface area (Å²) in [5.41, 5.74) is 1.74. The largest absolute Gasteiger partial charge is 0.338 e. The maximum absolute atomic E-state index is 12.0. The number of carbonyl (C=O) groups excluding carboxylic acids is 2. The van der Waals surface area contributed by atoms with E-state index in [0.717, 1.165) is 24.2 Å². The monoisotopic (exact) mass is 369 g/mol. The van der Waals surface area contributed by atoms with Gasteiger partial charge >= 0.3 is 6.03 Å². The molecule has 1 aliphatic rings. The lowest BCUT2D eigenvalue weighted by Gasteiger charge is -2.22. The summed E-state index contributed by atoms with van der Waals surface area (Å²) in [6.07, 6.45) is 12.1. The van der Waals surface area contributed by atoms with Crippen LogP contribution in [0, 0.1) is 0 Å². The Morgan fingerprint density at radius 3 is 2.59 bits per heavy atom. The second-order valence-electron chi connectivity index (χ2n) is 6.90. The molecule has 2 aromatic rings. The molecule has 0 bridgehead atoms. The van der Waals surface area contributed by atoms with E-state index in [9.17, 15) is 9.59 Å². The van der Waals surface area contributed by atoms with E-state index in [0.29, 0.717) is 25.4 Å². The molecule has 27 heavy (non-hydrogen) atoms. The Kier molecular flexibility index (Phi) is 6.84. The molecule has 144 valence electrons. The Hall–Kier alpha value is -2.83. The molecule has 1 aromatic carbocycles. The molecule has 0 radical (unpaired) electrons. The molecular formula is C20H27N5O2. The van der Waals surface area contributed by atoms with Crippen LogP contribution in [-0.2, 0) is 4.79 Å². The van der Waals surface area contributed by atoms with Crippen LogP contribution in [0.3, 0.4) is 0 Å². The van der Waals surface area contributed by atoms with Gasteiger partial charge in [-0.25, -0.2) is 9.78 Å².